The van der Waals surface area contributed by atoms with Gasteiger partial charge >= 0.3 is 0 Å². The molecule has 0 N–H and O–H groups in total. The largest absolute Gasteiger partial charge is 0.300 e. The average molecular weight is 196 g/mol. The zero-order valence-electron chi connectivity index (χ0n) is 8.07. The zero-order valence-corrected chi connectivity index (χ0v) is 8.89. The van der Waals surface area contributed by atoms with E-state index in [0.29, 0.717) is 6.04 Å². The zero-order chi connectivity index (χ0) is 9.26. The standard InChI is InChI=1S/C10H16N2S/c1-12-9-3-2-4-10(12)6-8(5-9)11-7-13/h8-10H,2-6H2,1H3. The van der Waals surface area contributed by atoms with Gasteiger partial charge < -0.3 is 4.90 Å². The van der Waals surface area contributed by atoms with Gasteiger partial charge in [-0.25, -0.2) is 4.99 Å². The summed E-state index contributed by atoms with van der Waals surface area (Å²) < 4.78 is 0. The molecule has 2 fully saturated rings. The predicted molar refractivity (Wildman–Crippen MR) is 57.2 cm³/mol. The molecular formula is C10H16N2S. The second-order valence-corrected chi connectivity index (χ2v) is 4.43. The molecule has 0 aromatic carbocycles. The fraction of sp³-hybridized carbons (Fsp3) is 0.900. The average Bonchev–Trinajstić information content (AvgIpc) is 2.07. The first-order valence-electron chi connectivity index (χ1n) is 5.10. The minimum Gasteiger partial charge on any atom is -0.300 e. The van der Waals surface area contributed by atoms with Crippen molar-refractivity contribution in [2.24, 2.45) is 4.99 Å². The highest BCUT2D eigenvalue weighted by Crippen LogP contribution is 2.33. The summed E-state index contributed by atoms with van der Waals surface area (Å²) in [7, 11) is 2.26. The van der Waals surface area contributed by atoms with E-state index in [1.54, 1.807) is 0 Å². The van der Waals surface area contributed by atoms with Crippen LogP contribution >= 0.6 is 12.2 Å². The summed E-state index contributed by atoms with van der Waals surface area (Å²) in [5, 5.41) is 2.53. The SMILES string of the molecule is CN1C2CCCC1CC(N=C=S)C2. The molecule has 0 aliphatic carbocycles. The summed E-state index contributed by atoms with van der Waals surface area (Å²) in [6.07, 6.45) is 6.47. The smallest absolute Gasteiger partial charge is 0.0632 e. The Labute approximate surface area is 85.0 Å². The van der Waals surface area contributed by atoms with E-state index in [9.17, 15) is 0 Å². The topological polar surface area (TPSA) is 15.6 Å². The number of aliphatic imine (C=N–C) groups is 1. The highest BCUT2D eigenvalue weighted by Gasteiger charge is 2.35. The molecule has 72 valence electrons. The van der Waals surface area contributed by atoms with Crippen LogP contribution in [0.15, 0.2) is 4.99 Å². The van der Waals surface area contributed by atoms with Crippen molar-refractivity contribution in [3.05, 3.63) is 0 Å². The third kappa shape index (κ3) is 1.83. The summed E-state index contributed by atoms with van der Waals surface area (Å²) in [6.45, 7) is 0. The summed E-state index contributed by atoms with van der Waals surface area (Å²) in [5.41, 5.74) is 0. The van der Waals surface area contributed by atoms with E-state index in [1.165, 1.54) is 32.1 Å². The van der Waals surface area contributed by atoms with Crippen LogP contribution < -0.4 is 0 Å². The van der Waals surface area contributed by atoms with Crippen molar-refractivity contribution in [2.45, 2.75) is 50.2 Å². The van der Waals surface area contributed by atoms with Gasteiger partial charge in [-0.1, -0.05) is 6.42 Å². The van der Waals surface area contributed by atoms with Crippen molar-refractivity contribution in [1.82, 2.24) is 4.90 Å². The Morgan fingerprint density at radius 3 is 2.46 bits per heavy atom. The Bertz CT molecular complexity index is 221. The molecule has 2 rings (SSSR count). The maximum Gasteiger partial charge on any atom is 0.0632 e. The van der Waals surface area contributed by atoms with Crippen LogP contribution in [-0.2, 0) is 0 Å². The lowest BCUT2D eigenvalue weighted by atomic mass is 9.82. The molecule has 2 unspecified atom stereocenters. The van der Waals surface area contributed by atoms with Crippen LogP contribution in [0, 0.1) is 0 Å². The second-order valence-electron chi connectivity index (χ2n) is 4.25. The third-order valence-electron chi connectivity index (χ3n) is 3.55. The number of piperidine rings is 2. The van der Waals surface area contributed by atoms with E-state index < -0.39 is 0 Å². The van der Waals surface area contributed by atoms with Crippen LogP contribution in [0.3, 0.4) is 0 Å². The van der Waals surface area contributed by atoms with Crippen molar-refractivity contribution < 1.29 is 0 Å². The Kier molecular flexibility index (Phi) is 2.77. The fourth-order valence-electron chi connectivity index (χ4n) is 2.77. The molecule has 2 atom stereocenters. The first kappa shape index (κ1) is 9.32. The Hall–Kier alpha value is -0.240. The fourth-order valence-corrected chi connectivity index (χ4v) is 2.92. The van der Waals surface area contributed by atoms with E-state index in [1.807, 2.05) is 0 Å². The lowest BCUT2D eigenvalue weighted by Crippen LogP contribution is -2.50. The molecule has 0 radical (unpaired) electrons. The minimum absolute atomic E-state index is 0.462. The summed E-state index contributed by atoms with van der Waals surface area (Å²) in [6, 6.07) is 1.97. The first-order chi connectivity index (χ1) is 6.31. The molecule has 0 aromatic heterocycles. The van der Waals surface area contributed by atoms with Gasteiger partial charge in [-0.2, -0.15) is 0 Å². The monoisotopic (exact) mass is 196 g/mol. The minimum atomic E-state index is 0.462. The van der Waals surface area contributed by atoms with Gasteiger partial charge in [0.25, 0.3) is 0 Å². The maximum atomic E-state index is 4.66. The lowest BCUT2D eigenvalue weighted by molar-refractivity contribution is 0.0576. The highest BCUT2D eigenvalue weighted by molar-refractivity contribution is 7.78. The molecule has 2 aliphatic rings. The van der Waals surface area contributed by atoms with Gasteiger partial charge in [0.05, 0.1) is 11.2 Å². The van der Waals surface area contributed by atoms with Crippen LogP contribution in [0.5, 0.6) is 0 Å². The number of nitrogens with zero attached hydrogens (tertiary/aromatic N) is 2. The van der Waals surface area contributed by atoms with Crippen LogP contribution in [0.4, 0.5) is 0 Å². The maximum absolute atomic E-state index is 4.66. The van der Waals surface area contributed by atoms with E-state index >= 15 is 0 Å². The number of fused-ring (bicyclic) bond motifs is 2. The van der Waals surface area contributed by atoms with Gasteiger partial charge in [-0.15, -0.1) is 0 Å². The van der Waals surface area contributed by atoms with E-state index in [2.05, 4.69) is 34.3 Å². The molecule has 2 bridgehead atoms. The van der Waals surface area contributed by atoms with Crippen molar-refractivity contribution >= 4 is 17.4 Å². The van der Waals surface area contributed by atoms with Gasteiger partial charge in [-0.05, 0) is 44.9 Å². The van der Waals surface area contributed by atoms with Crippen LogP contribution in [0.2, 0.25) is 0 Å². The lowest BCUT2D eigenvalue weighted by Gasteiger charge is -2.45. The molecule has 2 aliphatic heterocycles. The highest BCUT2D eigenvalue weighted by atomic mass is 32.1. The molecule has 0 aromatic rings. The van der Waals surface area contributed by atoms with E-state index in [0.717, 1.165) is 12.1 Å². The normalized spacial score (nSPS) is 39.6. The molecule has 2 nitrogen and oxygen atoms in total. The number of isothiocyanates is 1. The molecule has 2 saturated heterocycles. The number of thiocarbonyl (C=S) groups is 1. The predicted octanol–water partition coefficient (Wildman–Crippen LogP) is 2.10. The van der Waals surface area contributed by atoms with Gasteiger partial charge in [0.2, 0.25) is 0 Å². The Morgan fingerprint density at radius 2 is 1.92 bits per heavy atom. The molecule has 0 spiro atoms. The van der Waals surface area contributed by atoms with Gasteiger partial charge in [0.15, 0.2) is 0 Å². The van der Waals surface area contributed by atoms with E-state index in [-0.39, 0.29) is 0 Å². The van der Waals surface area contributed by atoms with Crippen molar-refractivity contribution in [3.63, 3.8) is 0 Å². The van der Waals surface area contributed by atoms with Crippen molar-refractivity contribution in [3.8, 4) is 0 Å². The number of rotatable bonds is 1. The molecule has 0 saturated carbocycles. The summed E-state index contributed by atoms with van der Waals surface area (Å²) in [4.78, 5) is 6.78. The molecule has 0 amide bonds. The van der Waals surface area contributed by atoms with E-state index in [4.69, 9.17) is 0 Å². The molecule has 3 heteroatoms. The van der Waals surface area contributed by atoms with Gasteiger partial charge in [0, 0.05) is 12.1 Å². The first-order valence-corrected chi connectivity index (χ1v) is 5.51. The van der Waals surface area contributed by atoms with Crippen LogP contribution in [0.25, 0.3) is 0 Å². The van der Waals surface area contributed by atoms with Crippen molar-refractivity contribution in [1.29, 1.82) is 0 Å². The third-order valence-corrected chi connectivity index (χ3v) is 3.66. The van der Waals surface area contributed by atoms with Crippen LogP contribution in [-0.4, -0.2) is 35.2 Å². The van der Waals surface area contributed by atoms with Gasteiger partial charge in [-0.3, -0.25) is 0 Å². The number of hydrogen-bond acceptors (Lipinski definition) is 3. The summed E-state index contributed by atoms with van der Waals surface area (Å²) >= 11 is 4.66. The molecular weight excluding hydrogens is 180 g/mol. The summed E-state index contributed by atoms with van der Waals surface area (Å²) in [5.74, 6) is 0. The van der Waals surface area contributed by atoms with Gasteiger partial charge in [0.1, 0.15) is 0 Å². The Morgan fingerprint density at radius 1 is 1.31 bits per heavy atom. The Balaban J connectivity index is 2.07. The second kappa shape index (κ2) is 3.87. The molecule has 13 heavy (non-hydrogen) atoms. The quantitative estimate of drug-likeness (QED) is 0.471. The van der Waals surface area contributed by atoms with Crippen LogP contribution in [0.1, 0.15) is 32.1 Å². The number of hydrogen-bond donors (Lipinski definition) is 0. The molecule has 2 heterocycles. The van der Waals surface area contributed by atoms with Crippen molar-refractivity contribution in [2.75, 3.05) is 7.05 Å².